The second-order valence-corrected chi connectivity index (χ2v) is 6.96. The van der Waals surface area contributed by atoms with Gasteiger partial charge in [-0.2, -0.15) is 0 Å². The standard InChI is InChI=1S/C10H14BrNS/c1-10(2)4-3-6-7(5-10)13-9(11)8(6)12/h3-5,12H2,1-2H3. The first-order valence-electron chi connectivity index (χ1n) is 4.55. The van der Waals surface area contributed by atoms with Crippen molar-refractivity contribution in [3.8, 4) is 0 Å². The Balaban J connectivity index is 2.42. The largest absolute Gasteiger partial charge is 0.397 e. The lowest BCUT2D eigenvalue weighted by atomic mass is 9.77. The van der Waals surface area contributed by atoms with Gasteiger partial charge >= 0.3 is 0 Å². The highest BCUT2D eigenvalue weighted by molar-refractivity contribution is 9.11. The molecule has 0 saturated heterocycles. The molecule has 0 unspecified atom stereocenters. The minimum atomic E-state index is 0.462. The second kappa shape index (κ2) is 2.99. The third-order valence-corrected chi connectivity index (χ3v) is 4.73. The Morgan fingerprint density at radius 2 is 2.15 bits per heavy atom. The van der Waals surface area contributed by atoms with Gasteiger partial charge < -0.3 is 5.73 Å². The molecule has 0 aliphatic heterocycles. The third-order valence-electron chi connectivity index (χ3n) is 2.78. The highest BCUT2D eigenvalue weighted by atomic mass is 79.9. The fraction of sp³-hybridized carbons (Fsp3) is 0.600. The van der Waals surface area contributed by atoms with Crippen molar-refractivity contribution in [3.05, 3.63) is 14.2 Å². The van der Waals surface area contributed by atoms with E-state index in [1.165, 1.54) is 23.3 Å². The number of rotatable bonds is 0. The van der Waals surface area contributed by atoms with Crippen LogP contribution in [0.2, 0.25) is 0 Å². The Morgan fingerprint density at radius 1 is 1.46 bits per heavy atom. The number of thiophene rings is 1. The normalized spacial score (nSPS) is 19.9. The van der Waals surface area contributed by atoms with Gasteiger partial charge in [0.15, 0.2) is 0 Å². The van der Waals surface area contributed by atoms with Crippen LogP contribution in [0.15, 0.2) is 3.79 Å². The van der Waals surface area contributed by atoms with Gasteiger partial charge in [-0.25, -0.2) is 0 Å². The van der Waals surface area contributed by atoms with E-state index < -0.39 is 0 Å². The summed E-state index contributed by atoms with van der Waals surface area (Å²) in [6, 6.07) is 0. The molecule has 0 spiro atoms. The fourth-order valence-electron chi connectivity index (χ4n) is 1.90. The van der Waals surface area contributed by atoms with Crippen LogP contribution in [0.1, 0.15) is 30.7 Å². The summed E-state index contributed by atoms with van der Waals surface area (Å²) in [7, 11) is 0. The van der Waals surface area contributed by atoms with Crippen LogP contribution in [0.4, 0.5) is 5.69 Å². The van der Waals surface area contributed by atoms with Crippen molar-refractivity contribution >= 4 is 33.0 Å². The maximum Gasteiger partial charge on any atom is 0.0933 e. The molecule has 2 rings (SSSR count). The molecule has 1 aliphatic carbocycles. The van der Waals surface area contributed by atoms with Crippen LogP contribution in [0.25, 0.3) is 0 Å². The van der Waals surface area contributed by atoms with Crippen LogP contribution in [0.5, 0.6) is 0 Å². The molecular formula is C10H14BrNS. The van der Waals surface area contributed by atoms with Gasteiger partial charge in [-0.05, 0) is 46.2 Å². The van der Waals surface area contributed by atoms with Crippen molar-refractivity contribution in [2.75, 3.05) is 5.73 Å². The van der Waals surface area contributed by atoms with Crippen molar-refractivity contribution in [2.45, 2.75) is 33.1 Å². The molecule has 13 heavy (non-hydrogen) atoms. The van der Waals surface area contributed by atoms with Gasteiger partial charge in [-0.3, -0.25) is 0 Å². The number of nitrogens with two attached hydrogens (primary N) is 1. The minimum Gasteiger partial charge on any atom is -0.397 e. The van der Waals surface area contributed by atoms with Gasteiger partial charge in [0.2, 0.25) is 0 Å². The van der Waals surface area contributed by atoms with E-state index in [0.29, 0.717) is 5.41 Å². The molecule has 1 nitrogen and oxygen atoms in total. The van der Waals surface area contributed by atoms with Gasteiger partial charge in [-0.15, -0.1) is 11.3 Å². The van der Waals surface area contributed by atoms with E-state index >= 15 is 0 Å². The lowest BCUT2D eigenvalue weighted by Gasteiger charge is -2.29. The summed E-state index contributed by atoms with van der Waals surface area (Å²) in [5.41, 5.74) is 8.82. The summed E-state index contributed by atoms with van der Waals surface area (Å²) in [5.74, 6) is 0. The van der Waals surface area contributed by atoms with E-state index in [4.69, 9.17) is 5.73 Å². The van der Waals surface area contributed by atoms with E-state index in [9.17, 15) is 0 Å². The number of hydrogen-bond donors (Lipinski definition) is 1. The molecule has 0 saturated carbocycles. The molecule has 2 N–H and O–H groups in total. The number of fused-ring (bicyclic) bond motifs is 1. The van der Waals surface area contributed by atoms with Crippen molar-refractivity contribution in [1.82, 2.24) is 0 Å². The van der Waals surface area contributed by atoms with E-state index in [0.717, 1.165) is 15.9 Å². The maximum absolute atomic E-state index is 5.98. The van der Waals surface area contributed by atoms with Gasteiger partial charge in [0.1, 0.15) is 0 Å². The van der Waals surface area contributed by atoms with Crippen LogP contribution in [-0.2, 0) is 12.8 Å². The molecule has 1 aliphatic rings. The van der Waals surface area contributed by atoms with Crippen molar-refractivity contribution in [2.24, 2.45) is 5.41 Å². The van der Waals surface area contributed by atoms with E-state index in [-0.39, 0.29) is 0 Å². The number of anilines is 1. The Labute approximate surface area is 91.5 Å². The van der Waals surface area contributed by atoms with Crippen LogP contribution in [-0.4, -0.2) is 0 Å². The summed E-state index contributed by atoms with van der Waals surface area (Å²) in [6.07, 6.45) is 3.59. The van der Waals surface area contributed by atoms with Crippen molar-refractivity contribution < 1.29 is 0 Å². The zero-order valence-corrected chi connectivity index (χ0v) is 10.4. The average molecular weight is 260 g/mol. The number of hydrogen-bond acceptors (Lipinski definition) is 2. The predicted octanol–water partition coefficient (Wildman–Crippen LogP) is 3.61. The molecule has 0 fully saturated rings. The summed E-state index contributed by atoms with van der Waals surface area (Å²) in [6.45, 7) is 4.67. The molecule has 0 atom stereocenters. The minimum absolute atomic E-state index is 0.462. The second-order valence-electron chi connectivity index (χ2n) is 4.53. The van der Waals surface area contributed by atoms with E-state index in [1.807, 2.05) is 11.3 Å². The van der Waals surface area contributed by atoms with Gasteiger partial charge in [0.25, 0.3) is 0 Å². The first kappa shape index (κ1) is 9.53. The number of nitrogen functional groups attached to an aromatic ring is 1. The summed E-state index contributed by atoms with van der Waals surface area (Å²) in [5, 5.41) is 0. The molecule has 0 amide bonds. The summed E-state index contributed by atoms with van der Waals surface area (Å²) < 4.78 is 1.12. The molecular weight excluding hydrogens is 246 g/mol. The summed E-state index contributed by atoms with van der Waals surface area (Å²) in [4.78, 5) is 1.49. The van der Waals surface area contributed by atoms with Crippen molar-refractivity contribution in [3.63, 3.8) is 0 Å². The van der Waals surface area contributed by atoms with Crippen LogP contribution < -0.4 is 5.73 Å². The molecule has 1 aromatic rings. The molecule has 1 aromatic heterocycles. The lowest BCUT2D eigenvalue weighted by molar-refractivity contribution is 0.319. The predicted molar refractivity (Wildman–Crippen MR) is 62.2 cm³/mol. The first-order valence-corrected chi connectivity index (χ1v) is 6.16. The molecule has 3 heteroatoms. The molecule has 0 radical (unpaired) electrons. The zero-order chi connectivity index (χ0) is 9.64. The quantitative estimate of drug-likeness (QED) is 0.757. The van der Waals surface area contributed by atoms with Gasteiger partial charge in [-0.1, -0.05) is 13.8 Å². The van der Waals surface area contributed by atoms with Crippen LogP contribution in [0, 0.1) is 5.41 Å². The third kappa shape index (κ3) is 1.64. The van der Waals surface area contributed by atoms with E-state index in [2.05, 4.69) is 29.8 Å². The zero-order valence-electron chi connectivity index (χ0n) is 7.98. The van der Waals surface area contributed by atoms with Gasteiger partial charge in [0, 0.05) is 4.88 Å². The van der Waals surface area contributed by atoms with E-state index in [1.54, 1.807) is 0 Å². The fourth-order valence-corrected chi connectivity index (χ4v) is 3.97. The first-order chi connectivity index (χ1) is 5.99. The van der Waals surface area contributed by atoms with Crippen LogP contribution in [0.3, 0.4) is 0 Å². The number of halogens is 1. The van der Waals surface area contributed by atoms with Gasteiger partial charge in [0.05, 0.1) is 9.47 Å². The van der Waals surface area contributed by atoms with Crippen LogP contribution >= 0.6 is 27.3 Å². The Kier molecular flexibility index (Phi) is 2.19. The molecule has 0 bridgehead atoms. The molecule has 0 aromatic carbocycles. The monoisotopic (exact) mass is 259 g/mol. The molecule has 1 heterocycles. The summed E-state index contributed by atoms with van der Waals surface area (Å²) >= 11 is 5.32. The Bertz CT molecular complexity index is 341. The smallest absolute Gasteiger partial charge is 0.0933 e. The van der Waals surface area contributed by atoms with Crippen molar-refractivity contribution in [1.29, 1.82) is 0 Å². The maximum atomic E-state index is 5.98. The highest BCUT2D eigenvalue weighted by Gasteiger charge is 2.28. The Hall–Kier alpha value is -0.0200. The lowest BCUT2D eigenvalue weighted by Crippen LogP contribution is -2.21. The highest BCUT2D eigenvalue weighted by Crippen LogP contribution is 2.44. The SMILES string of the molecule is CC1(C)CCc2c(sc(Br)c2N)C1. The topological polar surface area (TPSA) is 26.0 Å². The molecule has 72 valence electrons. The Morgan fingerprint density at radius 3 is 2.85 bits per heavy atom. The average Bonchev–Trinajstić information content (AvgIpc) is 2.25.